The molecule has 28 heavy (non-hydrogen) atoms. The number of nitrogens with one attached hydrogen (secondary N) is 3. The highest BCUT2D eigenvalue weighted by atomic mass is 32.2. The molecule has 0 fully saturated rings. The van der Waals surface area contributed by atoms with Crippen LogP contribution < -0.4 is 15.4 Å². The van der Waals surface area contributed by atoms with Crippen LogP contribution >= 0.6 is 0 Å². The molecule has 0 heterocycles. The highest BCUT2D eigenvalue weighted by Gasteiger charge is 2.17. The molecule has 2 rings (SSSR count). The van der Waals surface area contributed by atoms with Crippen LogP contribution in [0.1, 0.15) is 36.7 Å². The second-order valence-corrected chi connectivity index (χ2v) is 9.16. The first-order chi connectivity index (χ1) is 13.0. The summed E-state index contributed by atoms with van der Waals surface area (Å²) in [5, 5.41) is 5.27. The zero-order chi connectivity index (χ0) is 20.9. The van der Waals surface area contributed by atoms with Gasteiger partial charge in [-0.15, -0.1) is 0 Å². The quantitative estimate of drug-likeness (QED) is 0.689. The van der Waals surface area contributed by atoms with Gasteiger partial charge < -0.3 is 10.6 Å². The van der Waals surface area contributed by atoms with E-state index >= 15 is 0 Å². The summed E-state index contributed by atoms with van der Waals surface area (Å²) in [4.78, 5) is 24.2. The number of anilines is 1. The zero-order valence-electron chi connectivity index (χ0n) is 16.4. The standard InChI is InChI=1S/C20H25N3O4S/c1-14-8-10-17(11-9-14)28(26,27)23-16-7-5-6-15(12-16)19(25)21-13-18(24)22-20(2,3)4/h5-12,23H,13H2,1-4H3,(H,21,25)(H,22,24). The van der Waals surface area contributed by atoms with E-state index in [1.807, 2.05) is 27.7 Å². The number of amides is 2. The fourth-order valence-electron chi connectivity index (χ4n) is 2.38. The summed E-state index contributed by atoms with van der Waals surface area (Å²) in [5.74, 6) is -0.780. The van der Waals surface area contributed by atoms with Gasteiger partial charge in [0.25, 0.3) is 15.9 Å². The van der Waals surface area contributed by atoms with Gasteiger partial charge in [0.15, 0.2) is 0 Å². The number of benzene rings is 2. The van der Waals surface area contributed by atoms with Crippen molar-refractivity contribution < 1.29 is 18.0 Å². The summed E-state index contributed by atoms with van der Waals surface area (Å²) in [5.41, 5.74) is 1.06. The van der Waals surface area contributed by atoms with Crippen molar-refractivity contribution in [3.05, 3.63) is 59.7 Å². The molecule has 0 atom stereocenters. The normalized spacial score (nSPS) is 11.6. The molecule has 0 aromatic heterocycles. The minimum absolute atomic E-state index is 0.131. The van der Waals surface area contributed by atoms with Gasteiger partial charge in [-0.3, -0.25) is 14.3 Å². The SMILES string of the molecule is Cc1ccc(S(=O)(=O)Nc2cccc(C(=O)NCC(=O)NC(C)(C)C)c2)cc1. The molecule has 2 aromatic rings. The van der Waals surface area contributed by atoms with Crippen molar-refractivity contribution in [3.8, 4) is 0 Å². The van der Waals surface area contributed by atoms with E-state index in [0.29, 0.717) is 0 Å². The molecule has 7 nitrogen and oxygen atoms in total. The maximum absolute atomic E-state index is 12.5. The van der Waals surface area contributed by atoms with Gasteiger partial charge in [-0.05, 0) is 58.0 Å². The molecule has 150 valence electrons. The smallest absolute Gasteiger partial charge is 0.261 e. The first-order valence-corrected chi connectivity index (χ1v) is 10.2. The molecule has 2 amide bonds. The van der Waals surface area contributed by atoms with Crippen molar-refractivity contribution in [1.29, 1.82) is 0 Å². The molecule has 0 saturated carbocycles. The molecule has 0 unspecified atom stereocenters. The number of sulfonamides is 1. The number of hydrogen-bond donors (Lipinski definition) is 3. The molecule has 3 N–H and O–H groups in total. The van der Waals surface area contributed by atoms with Gasteiger partial charge in [0.05, 0.1) is 11.4 Å². The van der Waals surface area contributed by atoms with E-state index < -0.39 is 21.5 Å². The largest absolute Gasteiger partial charge is 0.350 e. The second kappa shape index (κ2) is 8.43. The molecule has 0 bridgehead atoms. The Hall–Kier alpha value is -2.87. The van der Waals surface area contributed by atoms with Crippen molar-refractivity contribution in [2.24, 2.45) is 0 Å². The summed E-state index contributed by atoms with van der Waals surface area (Å²) >= 11 is 0. The minimum atomic E-state index is -3.76. The second-order valence-electron chi connectivity index (χ2n) is 7.48. The maximum Gasteiger partial charge on any atom is 0.261 e. The molecule has 0 aliphatic carbocycles. The lowest BCUT2D eigenvalue weighted by Gasteiger charge is -2.20. The van der Waals surface area contributed by atoms with E-state index in [2.05, 4.69) is 15.4 Å². The Morgan fingerprint density at radius 2 is 1.64 bits per heavy atom. The first kappa shape index (κ1) is 21.4. The number of hydrogen-bond acceptors (Lipinski definition) is 4. The topological polar surface area (TPSA) is 104 Å². The fraction of sp³-hybridized carbons (Fsp3) is 0.300. The summed E-state index contributed by atoms with van der Waals surface area (Å²) in [6.45, 7) is 7.23. The molecule has 0 aliphatic heterocycles. The van der Waals surface area contributed by atoms with Gasteiger partial charge in [0.2, 0.25) is 5.91 Å². The van der Waals surface area contributed by atoms with E-state index in [1.165, 1.54) is 18.2 Å². The first-order valence-electron chi connectivity index (χ1n) is 8.75. The Morgan fingerprint density at radius 3 is 2.25 bits per heavy atom. The van der Waals surface area contributed by atoms with Crippen molar-refractivity contribution in [1.82, 2.24) is 10.6 Å². The van der Waals surface area contributed by atoms with Gasteiger partial charge >= 0.3 is 0 Å². The molecule has 0 aliphatic rings. The van der Waals surface area contributed by atoms with Crippen LogP contribution in [0.25, 0.3) is 0 Å². The minimum Gasteiger partial charge on any atom is -0.350 e. The van der Waals surface area contributed by atoms with Crippen molar-refractivity contribution >= 4 is 27.5 Å². The maximum atomic E-state index is 12.5. The van der Waals surface area contributed by atoms with Gasteiger partial charge in [0, 0.05) is 16.8 Å². The van der Waals surface area contributed by atoms with Crippen molar-refractivity contribution in [3.63, 3.8) is 0 Å². The van der Waals surface area contributed by atoms with Crippen molar-refractivity contribution in [2.75, 3.05) is 11.3 Å². The Morgan fingerprint density at radius 1 is 1.00 bits per heavy atom. The highest BCUT2D eigenvalue weighted by molar-refractivity contribution is 7.92. The van der Waals surface area contributed by atoms with Crippen LogP contribution in [0, 0.1) is 6.92 Å². The third-order valence-electron chi connectivity index (χ3n) is 3.63. The lowest BCUT2D eigenvalue weighted by Crippen LogP contribution is -2.45. The molecule has 0 radical (unpaired) electrons. The number of aryl methyl sites for hydroxylation is 1. The molecule has 0 saturated heterocycles. The Bertz CT molecular complexity index is 962. The average Bonchev–Trinajstić information content (AvgIpc) is 2.58. The van der Waals surface area contributed by atoms with E-state index in [1.54, 1.807) is 30.3 Å². The van der Waals surface area contributed by atoms with Crippen LogP contribution in [0.2, 0.25) is 0 Å². The Kier molecular flexibility index (Phi) is 6.45. The fourth-order valence-corrected chi connectivity index (χ4v) is 3.43. The molecule has 8 heteroatoms. The van der Waals surface area contributed by atoms with E-state index in [4.69, 9.17) is 0 Å². The summed E-state index contributed by atoms with van der Waals surface area (Å²) < 4.78 is 27.4. The lowest BCUT2D eigenvalue weighted by atomic mass is 10.1. The summed E-state index contributed by atoms with van der Waals surface area (Å²) in [7, 11) is -3.76. The Balaban J connectivity index is 2.06. The third kappa shape index (κ3) is 6.38. The van der Waals surface area contributed by atoms with Crippen LogP contribution in [-0.4, -0.2) is 32.3 Å². The van der Waals surface area contributed by atoms with Crippen molar-refractivity contribution in [2.45, 2.75) is 38.1 Å². The monoisotopic (exact) mass is 403 g/mol. The number of carbonyl (C=O) groups is 2. The number of rotatable bonds is 6. The number of carbonyl (C=O) groups excluding carboxylic acids is 2. The van der Waals surface area contributed by atoms with Crippen LogP contribution in [-0.2, 0) is 14.8 Å². The molecular formula is C20H25N3O4S. The van der Waals surface area contributed by atoms with Gasteiger partial charge in [-0.2, -0.15) is 0 Å². The van der Waals surface area contributed by atoms with Crippen LogP contribution in [0.4, 0.5) is 5.69 Å². The lowest BCUT2D eigenvalue weighted by molar-refractivity contribution is -0.121. The van der Waals surface area contributed by atoms with Crippen LogP contribution in [0.3, 0.4) is 0 Å². The average molecular weight is 404 g/mol. The molecular weight excluding hydrogens is 378 g/mol. The zero-order valence-corrected chi connectivity index (χ0v) is 17.2. The van der Waals surface area contributed by atoms with E-state index in [9.17, 15) is 18.0 Å². The van der Waals surface area contributed by atoms with E-state index in [-0.39, 0.29) is 28.6 Å². The Labute approximate surface area is 165 Å². The van der Waals surface area contributed by atoms with Crippen LogP contribution in [0.5, 0.6) is 0 Å². The summed E-state index contributed by atoms with van der Waals surface area (Å²) in [6.07, 6.45) is 0. The highest BCUT2D eigenvalue weighted by Crippen LogP contribution is 2.17. The third-order valence-corrected chi connectivity index (χ3v) is 5.03. The van der Waals surface area contributed by atoms with Gasteiger partial charge in [0.1, 0.15) is 0 Å². The van der Waals surface area contributed by atoms with Gasteiger partial charge in [-0.25, -0.2) is 8.42 Å². The predicted molar refractivity (Wildman–Crippen MR) is 109 cm³/mol. The molecule has 0 spiro atoms. The summed E-state index contributed by atoms with van der Waals surface area (Å²) in [6, 6.07) is 12.5. The van der Waals surface area contributed by atoms with Gasteiger partial charge in [-0.1, -0.05) is 23.8 Å². The predicted octanol–water partition coefficient (Wildman–Crippen LogP) is 2.44. The molecule has 2 aromatic carbocycles. The van der Waals surface area contributed by atoms with E-state index in [0.717, 1.165) is 5.56 Å². The van der Waals surface area contributed by atoms with Crippen LogP contribution in [0.15, 0.2) is 53.4 Å².